The summed E-state index contributed by atoms with van der Waals surface area (Å²) in [6, 6.07) is 11.6. The summed E-state index contributed by atoms with van der Waals surface area (Å²) in [6.45, 7) is -0.145. The fourth-order valence-electron chi connectivity index (χ4n) is 3.76. The maximum Gasteiger partial charge on any atom is 0.417 e. The van der Waals surface area contributed by atoms with E-state index in [-0.39, 0.29) is 24.6 Å². The van der Waals surface area contributed by atoms with Crippen LogP contribution in [0.25, 0.3) is 0 Å². The van der Waals surface area contributed by atoms with Gasteiger partial charge in [0.25, 0.3) is 0 Å². The molecule has 0 aliphatic carbocycles. The third kappa shape index (κ3) is 10.6. The van der Waals surface area contributed by atoms with Crippen molar-refractivity contribution in [3.8, 4) is 11.5 Å². The monoisotopic (exact) mass is 607 g/mol. The van der Waals surface area contributed by atoms with Gasteiger partial charge in [-0.15, -0.1) is 0 Å². The van der Waals surface area contributed by atoms with E-state index in [2.05, 4.69) is 15.6 Å². The van der Waals surface area contributed by atoms with Gasteiger partial charge in [-0.2, -0.15) is 13.2 Å². The average molecular weight is 608 g/mol. The van der Waals surface area contributed by atoms with Crippen LogP contribution in [0.4, 0.5) is 29.3 Å². The maximum absolute atomic E-state index is 13.0. The Morgan fingerprint density at radius 3 is 2.21 bits per heavy atom. The van der Waals surface area contributed by atoms with Crippen molar-refractivity contribution in [2.75, 3.05) is 10.6 Å². The summed E-state index contributed by atoms with van der Waals surface area (Å²) in [5.41, 5.74) is 4.68. The number of unbranched alkanes of at least 4 members (excludes halogenated alkanes) is 3. The number of pyridine rings is 1. The van der Waals surface area contributed by atoms with E-state index in [9.17, 15) is 32.8 Å². The number of primary amides is 1. The first-order chi connectivity index (χ1) is 19.9. The summed E-state index contributed by atoms with van der Waals surface area (Å²) in [5, 5.41) is 15.1. The number of rotatable bonds is 13. The van der Waals surface area contributed by atoms with E-state index in [1.165, 1.54) is 24.4 Å². The Labute approximate surface area is 244 Å². The number of alkyl halides is 3. The molecule has 0 saturated carbocycles. The van der Waals surface area contributed by atoms with Crippen molar-refractivity contribution in [2.45, 2.75) is 51.2 Å². The highest BCUT2D eigenvalue weighted by Crippen LogP contribution is 2.36. The number of nitrogens with one attached hydrogen (secondary N) is 2. The Morgan fingerprint density at radius 2 is 1.55 bits per heavy atom. The number of anilines is 2. The van der Waals surface area contributed by atoms with Crippen molar-refractivity contribution in [3.05, 3.63) is 77.1 Å². The largest absolute Gasteiger partial charge is 0.457 e. The highest BCUT2D eigenvalue weighted by molar-refractivity contribution is 6.31. The lowest BCUT2D eigenvalue weighted by molar-refractivity contribution is -0.168. The Morgan fingerprint density at radius 1 is 0.905 bits per heavy atom. The standard InChI is InChI=1S/C28H29ClF3N5O5/c29-24-12-9-19(16-23(24)28(30,31)32)36-27(40)35-18-7-10-21(11-8-18)42-22-13-14-34-20(15-22)17-37(41)26(39)6-4-2-1-3-5-25(33)38/h7-16,41H,1-6,17H2,(H2,33,38)(H2,35,36,40). The van der Waals surface area contributed by atoms with Crippen molar-refractivity contribution in [1.82, 2.24) is 10.0 Å². The molecule has 0 atom stereocenters. The van der Waals surface area contributed by atoms with Crippen molar-refractivity contribution in [1.29, 1.82) is 0 Å². The number of hydrogen-bond donors (Lipinski definition) is 4. The molecule has 3 aromatic rings. The fraction of sp³-hybridized carbons (Fsp3) is 0.286. The second kappa shape index (κ2) is 15.0. The number of benzene rings is 2. The Bertz CT molecular complexity index is 1390. The third-order valence-corrected chi connectivity index (χ3v) is 6.16. The summed E-state index contributed by atoms with van der Waals surface area (Å²) < 4.78 is 44.9. The molecule has 1 heterocycles. The summed E-state index contributed by atoms with van der Waals surface area (Å²) in [4.78, 5) is 39.3. The van der Waals surface area contributed by atoms with E-state index in [0.29, 0.717) is 47.2 Å². The maximum atomic E-state index is 13.0. The first-order valence-corrected chi connectivity index (χ1v) is 13.2. The van der Waals surface area contributed by atoms with Crippen LogP contribution in [0, 0.1) is 0 Å². The Hall–Kier alpha value is -4.36. The van der Waals surface area contributed by atoms with Gasteiger partial charge in [-0.05, 0) is 61.4 Å². The first-order valence-electron chi connectivity index (χ1n) is 12.9. The molecule has 224 valence electrons. The smallest absolute Gasteiger partial charge is 0.417 e. The van der Waals surface area contributed by atoms with Gasteiger partial charge in [0.05, 0.1) is 22.8 Å². The minimum absolute atomic E-state index is 0.0853. The van der Waals surface area contributed by atoms with Crippen molar-refractivity contribution >= 4 is 40.8 Å². The van der Waals surface area contributed by atoms with E-state index < -0.39 is 28.7 Å². The van der Waals surface area contributed by atoms with E-state index in [1.807, 2.05) is 0 Å². The van der Waals surface area contributed by atoms with Crippen molar-refractivity contribution in [3.63, 3.8) is 0 Å². The van der Waals surface area contributed by atoms with Crippen molar-refractivity contribution in [2.24, 2.45) is 5.73 Å². The topological polar surface area (TPSA) is 147 Å². The van der Waals surface area contributed by atoms with Crippen molar-refractivity contribution < 1.29 is 37.5 Å². The number of carbonyl (C=O) groups excluding carboxylic acids is 3. The number of aromatic nitrogens is 1. The van der Waals surface area contributed by atoms with Crippen LogP contribution in [0.1, 0.15) is 49.8 Å². The molecular formula is C28H29ClF3N5O5. The number of nitrogens with zero attached hydrogens (tertiary/aromatic N) is 2. The predicted octanol–water partition coefficient (Wildman–Crippen LogP) is 6.73. The van der Waals surface area contributed by atoms with Gasteiger partial charge in [0, 0.05) is 36.5 Å². The zero-order chi connectivity index (χ0) is 30.7. The van der Waals surface area contributed by atoms with E-state index in [0.717, 1.165) is 25.0 Å². The number of nitrogens with two attached hydrogens (primary N) is 1. The summed E-state index contributed by atoms with van der Waals surface area (Å²) >= 11 is 5.60. The molecule has 0 aliphatic heterocycles. The molecule has 14 heteroatoms. The number of urea groups is 1. The highest BCUT2D eigenvalue weighted by Gasteiger charge is 2.33. The van der Waals surface area contributed by atoms with Crippen LogP contribution in [0.3, 0.4) is 0 Å². The number of amides is 4. The summed E-state index contributed by atoms with van der Waals surface area (Å²) in [7, 11) is 0. The molecule has 5 N–H and O–H groups in total. The fourth-order valence-corrected chi connectivity index (χ4v) is 3.99. The van der Waals surface area contributed by atoms with Crippen LogP contribution in [0.2, 0.25) is 5.02 Å². The van der Waals surface area contributed by atoms with Crippen LogP contribution in [-0.4, -0.2) is 33.1 Å². The second-order valence-electron chi connectivity index (χ2n) is 9.21. The molecule has 0 bridgehead atoms. The normalized spacial score (nSPS) is 11.1. The molecule has 0 fully saturated rings. The summed E-state index contributed by atoms with van der Waals surface area (Å²) in [6.07, 6.45) is -0.0131. The molecule has 4 amide bonds. The van der Waals surface area contributed by atoms with E-state index in [1.54, 1.807) is 24.3 Å². The van der Waals surface area contributed by atoms with Crippen LogP contribution in [-0.2, 0) is 22.3 Å². The lowest BCUT2D eigenvalue weighted by Crippen LogP contribution is -2.27. The molecule has 0 saturated heterocycles. The van der Waals surface area contributed by atoms with Gasteiger partial charge >= 0.3 is 12.2 Å². The number of halogens is 4. The number of ether oxygens (including phenoxy) is 1. The Balaban J connectivity index is 1.48. The minimum atomic E-state index is -4.67. The SMILES string of the molecule is NC(=O)CCCCCCC(=O)N(O)Cc1cc(Oc2ccc(NC(=O)Nc3ccc(Cl)c(C(F)(F)F)c3)cc2)ccn1. The second-order valence-corrected chi connectivity index (χ2v) is 9.62. The lowest BCUT2D eigenvalue weighted by Gasteiger charge is -2.15. The van der Waals surface area contributed by atoms with Crippen LogP contribution in [0.15, 0.2) is 60.8 Å². The van der Waals surface area contributed by atoms with Gasteiger partial charge in [0.15, 0.2) is 0 Å². The first kappa shape index (κ1) is 32.2. The van der Waals surface area contributed by atoms with Crippen LogP contribution < -0.4 is 21.1 Å². The molecule has 10 nitrogen and oxygen atoms in total. The van der Waals surface area contributed by atoms with E-state index >= 15 is 0 Å². The van der Waals surface area contributed by atoms with Gasteiger partial charge in [-0.3, -0.25) is 19.8 Å². The van der Waals surface area contributed by atoms with Gasteiger partial charge in [-0.25, -0.2) is 9.86 Å². The zero-order valence-electron chi connectivity index (χ0n) is 22.3. The summed E-state index contributed by atoms with van der Waals surface area (Å²) in [5.74, 6) is -0.0237. The minimum Gasteiger partial charge on any atom is -0.457 e. The van der Waals surface area contributed by atoms with E-state index in [4.69, 9.17) is 22.1 Å². The van der Waals surface area contributed by atoms with Crippen LogP contribution >= 0.6 is 11.6 Å². The predicted molar refractivity (Wildman–Crippen MR) is 149 cm³/mol. The number of hydroxylamine groups is 2. The zero-order valence-corrected chi connectivity index (χ0v) is 23.0. The van der Waals surface area contributed by atoms with Gasteiger partial charge in [0.1, 0.15) is 11.5 Å². The average Bonchev–Trinajstić information content (AvgIpc) is 2.92. The lowest BCUT2D eigenvalue weighted by atomic mass is 10.1. The molecule has 2 aromatic carbocycles. The molecule has 1 aromatic heterocycles. The molecule has 0 radical (unpaired) electrons. The third-order valence-electron chi connectivity index (χ3n) is 5.83. The van der Waals surface area contributed by atoms with Crippen LogP contribution in [0.5, 0.6) is 11.5 Å². The molecule has 0 unspecified atom stereocenters. The Kier molecular flexibility index (Phi) is 11.5. The van der Waals surface area contributed by atoms with Gasteiger partial charge in [0.2, 0.25) is 11.8 Å². The highest BCUT2D eigenvalue weighted by atomic mass is 35.5. The van der Waals surface area contributed by atoms with Gasteiger partial charge < -0.3 is 21.1 Å². The molecule has 0 aliphatic rings. The molecule has 42 heavy (non-hydrogen) atoms. The molecule has 0 spiro atoms. The molecular weight excluding hydrogens is 579 g/mol. The van der Waals surface area contributed by atoms with Gasteiger partial charge in [-0.1, -0.05) is 24.4 Å². The molecule has 3 rings (SSSR count). The number of hydrogen-bond acceptors (Lipinski definition) is 6. The quantitative estimate of drug-likeness (QED) is 0.0962. The number of carbonyl (C=O) groups is 3.